The molecule has 8 heteroatoms. The standard InChI is InChI=1S/C34H33N3O2.2ClH.H2O/c35-27-34(29-14-6-2-7-15-29,30-16-8-3-9-17-30)21-25-37-23-19-33(20-24-37,28-12-4-1-5-13-28)32(38)39-26-31-18-10-11-22-36-31;;;/h1-18,22H,19-21,23-26H2;2*1H;1H2. The Bertz CT molecular complexity index is 1350. The van der Waals surface area contributed by atoms with E-state index in [0.717, 1.165) is 42.0 Å². The third-order valence-corrected chi connectivity index (χ3v) is 8.03. The lowest BCUT2D eigenvalue weighted by atomic mass is 9.71. The molecule has 0 spiro atoms. The van der Waals surface area contributed by atoms with E-state index in [9.17, 15) is 10.1 Å². The van der Waals surface area contributed by atoms with Gasteiger partial charge in [0.25, 0.3) is 0 Å². The van der Waals surface area contributed by atoms with E-state index in [4.69, 9.17) is 4.74 Å². The van der Waals surface area contributed by atoms with E-state index in [0.29, 0.717) is 19.3 Å². The zero-order valence-electron chi connectivity index (χ0n) is 23.4. The van der Waals surface area contributed by atoms with Crippen LogP contribution >= 0.6 is 24.8 Å². The zero-order chi connectivity index (χ0) is 27.0. The van der Waals surface area contributed by atoms with Gasteiger partial charge in [0.15, 0.2) is 0 Å². The number of aromatic nitrogens is 1. The number of hydrogen-bond acceptors (Lipinski definition) is 5. The van der Waals surface area contributed by atoms with Crippen LogP contribution in [0.4, 0.5) is 0 Å². The molecular weight excluding hydrogens is 569 g/mol. The molecule has 0 radical (unpaired) electrons. The van der Waals surface area contributed by atoms with Gasteiger partial charge in [-0.3, -0.25) is 9.78 Å². The number of pyridine rings is 1. The van der Waals surface area contributed by atoms with Gasteiger partial charge in [-0.25, -0.2) is 0 Å². The van der Waals surface area contributed by atoms with Crippen molar-refractivity contribution in [1.29, 1.82) is 5.26 Å². The number of piperidine rings is 1. The predicted molar refractivity (Wildman–Crippen MR) is 170 cm³/mol. The zero-order valence-corrected chi connectivity index (χ0v) is 25.0. The molecule has 0 bridgehead atoms. The van der Waals surface area contributed by atoms with Crippen molar-refractivity contribution in [1.82, 2.24) is 9.88 Å². The van der Waals surface area contributed by atoms with Crippen LogP contribution in [0.2, 0.25) is 0 Å². The number of benzene rings is 3. The fraction of sp³-hybridized carbons (Fsp3) is 0.265. The van der Waals surface area contributed by atoms with Gasteiger partial charge in [-0.2, -0.15) is 5.26 Å². The van der Waals surface area contributed by atoms with E-state index >= 15 is 0 Å². The van der Waals surface area contributed by atoms with Crippen molar-refractivity contribution < 1.29 is 15.0 Å². The number of likely N-dealkylation sites (tertiary alicyclic amines) is 1. The first kappa shape index (κ1) is 34.5. The molecule has 1 aliphatic heterocycles. The molecule has 2 N–H and O–H groups in total. The smallest absolute Gasteiger partial charge is 0.317 e. The third-order valence-electron chi connectivity index (χ3n) is 8.03. The SMILES string of the molecule is Cl.Cl.N#CC(CCN1CCC(C(=O)OCc2ccccn2)(c2ccccc2)CC1)(c1ccccc1)c1ccccc1.O. The molecule has 1 saturated heterocycles. The number of nitriles is 1. The third kappa shape index (κ3) is 7.36. The maximum Gasteiger partial charge on any atom is 0.317 e. The Kier molecular flexibility index (Phi) is 13.2. The number of carbonyl (C=O) groups excluding carboxylic acids is 1. The summed E-state index contributed by atoms with van der Waals surface area (Å²) >= 11 is 0. The van der Waals surface area contributed by atoms with Gasteiger partial charge in [0.2, 0.25) is 0 Å². The van der Waals surface area contributed by atoms with Gasteiger partial charge in [0.1, 0.15) is 12.0 Å². The van der Waals surface area contributed by atoms with Crippen molar-refractivity contribution in [3.63, 3.8) is 0 Å². The van der Waals surface area contributed by atoms with E-state index in [1.54, 1.807) is 6.20 Å². The number of halogens is 2. The Morgan fingerprint density at radius 2 is 1.36 bits per heavy atom. The molecule has 0 unspecified atom stereocenters. The molecule has 42 heavy (non-hydrogen) atoms. The van der Waals surface area contributed by atoms with Gasteiger partial charge in [0.05, 0.1) is 17.2 Å². The van der Waals surface area contributed by atoms with Crippen LogP contribution in [0, 0.1) is 11.3 Å². The first-order chi connectivity index (χ1) is 19.2. The van der Waals surface area contributed by atoms with Gasteiger partial charge in [-0.1, -0.05) is 97.1 Å². The monoisotopic (exact) mass is 605 g/mol. The van der Waals surface area contributed by atoms with E-state index in [2.05, 4.69) is 16.0 Å². The van der Waals surface area contributed by atoms with Gasteiger partial charge in [0, 0.05) is 12.7 Å². The normalized spacial score (nSPS) is 14.2. The Balaban J connectivity index is 0.00000205. The molecule has 2 heterocycles. The van der Waals surface area contributed by atoms with Crippen LogP contribution in [0.5, 0.6) is 0 Å². The molecule has 5 rings (SSSR count). The number of nitrogens with zero attached hydrogens (tertiary/aromatic N) is 3. The van der Waals surface area contributed by atoms with Crippen LogP contribution in [0.1, 0.15) is 41.6 Å². The highest BCUT2D eigenvalue weighted by atomic mass is 35.5. The summed E-state index contributed by atoms with van der Waals surface area (Å²) in [7, 11) is 0. The second-order valence-electron chi connectivity index (χ2n) is 10.2. The first-order valence-corrected chi connectivity index (χ1v) is 13.5. The highest BCUT2D eigenvalue weighted by Gasteiger charge is 2.45. The summed E-state index contributed by atoms with van der Waals surface area (Å²) in [6.07, 6.45) is 3.70. The molecule has 1 aromatic heterocycles. The second-order valence-corrected chi connectivity index (χ2v) is 10.2. The first-order valence-electron chi connectivity index (χ1n) is 13.5. The summed E-state index contributed by atoms with van der Waals surface area (Å²) in [6.45, 7) is 2.42. The van der Waals surface area contributed by atoms with Gasteiger partial charge >= 0.3 is 5.97 Å². The van der Waals surface area contributed by atoms with Crippen LogP contribution in [0.25, 0.3) is 0 Å². The fourth-order valence-electron chi connectivity index (χ4n) is 5.70. The minimum Gasteiger partial charge on any atom is -0.459 e. The summed E-state index contributed by atoms with van der Waals surface area (Å²) in [5.74, 6) is -0.195. The lowest BCUT2D eigenvalue weighted by Gasteiger charge is -2.41. The maximum atomic E-state index is 13.6. The van der Waals surface area contributed by atoms with Crippen molar-refractivity contribution in [3.8, 4) is 6.07 Å². The Morgan fingerprint density at radius 1 is 0.833 bits per heavy atom. The summed E-state index contributed by atoms with van der Waals surface area (Å²) in [4.78, 5) is 20.3. The molecule has 4 aromatic rings. The number of rotatable bonds is 9. The molecule has 0 aliphatic carbocycles. The average Bonchev–Trinajstić information content (AvgIpc) is 3.03. The van der Waals surface area contributed by atoms with Gasteiger partial charge in [-0.05, 0) is 61.2 Å². The number of hydrogen-bond donors (Lipinski definition) is 0. The van der Waals surface area contributed by atoms with E-state index in [1.165, 1.54) is 0 Å². The number of carbonyl (C=O) groups is 1. The number of ether oxygens (including phenoxy) is 1. The minimum absolute atomic E-state index is 0. The minimum atomic E-state index is -0.738. The maximum absolute atomic E-state index is 13.6. The summed E-state index contributed by atoms with van der Waals surface area (Å²) < 4.78 is 5.84. The molecule has 0 atom stereocenters. The second kappa shape index (κ2) is 16.1. The van der Waals surface area contributed by atoms with Crippen molar-refractivity contribution in [2.75, 3.05) is 19.6 Å². The molecule has 3 aromatic carbocycles. The molecule has 1 fully saturated rings. The quantitative estimate of drug-likeness (QED) is 0.215. The van der Waals surface area contributed by atoms with Crippen LogP contribution in [0.15, 0.2) is 115 Å². The predicted octanol–water partition coefficient (Wildman–Crippen LogP) is 6.08. The Hall–Kier alpha value is -3.73. The lowest BCUT2D eigenvalue weighted by molar-refractivity contribution is -0.154. The lowest BCUT2D eigenvalue weighted by Crippen LogP contribution is -2.49. The van der Waals surface area contributed by atoms with Crippen LogP contribution < -0.4 is 0 Å². The molecular formula is C34H37Cl2N3O3. The van der Waals surface area contributed by atoms with Crippen molar-refractivity contribution >= 4 is 30.8 Å². The van der Waals surface area contributed by atoms with Crippen LogP contribution in [-0.2, 0) is 27.0 Å². The van der Waals surface area contributed by atoms with Crippen LogP contribution in [0.3, 0.4) is 0 Å². The van der Waals surface area contributed by atoms with Crippen LogP contribution in [-0.4, -0.2) is 41.0 Å². The number of esters is 1. The Labute approximate surface area is 260 Å². The topological polar surface area (TPSA) is 97.7 Å². The van der Waals surface area contributed by atoms with E-state index in [1.807, 2.05) is 109 Å². The van der Waals surface area contributed by atoms with Crippen molar-refractivity contribution in [2.45, 2.75) is 36.7 Å². The average molecular weight is 607 g/mol. The fourth-order valence-corrected chi connectivity index (χ4v) is 5.70. The largest absolute Gasteiger partial charge is 0.459 e. The highest BCUT2D eigenvalue weighted by molar-refractivity contribution is 5.85. The molecule has 220 valence electrons. The molecule has 1 aliphatic rings. The highest BCUT2D eigenvalue weighted by Crippen LogP contribution is 2.39. The summed E-state index contributed by atoms with van der Waals surface area (Å²) in [6, 6.07) is 38.4. The van der Waals surface area contributed by atoms with Gasteiger partial charge < -0.3 is 15.1 Å². The van der Waals surface area contributed by atoms with E-state index in [-0.39, 0.29) is 42.9 Å². The molecule has 0 amide bonds. The van der Waals surface area contributed by atoms with Gasteiger partial charge in [-0.15, -0.1) is 24.8 Å². The van der Waals surface area contributed by atoms with E-state index < -0.39 is 10.8 Å². The van der Waals surface area contributed by atoms with Crippen molar-refractivity contribution in [3.05, 3.63) is 138 Å². The molecule has 0 saturated carbocycles. The summed E-state index contributed by atoms with van der Waals surface area (Å²) in [5.41, 5.74) is 2.31. The van der Waals surface area contributed by atoms with Crippen molar-refractivity contribution in [2.24, 2.45) is 0 Å². The Morgan fingerprint density at radius 3 is 1.86 bits per heavy atom. The molecule has 6 nitrogen and oxygen atoms in total. The summed E-state index contributed by atoms with van der Waals surface area (Å²) in [5, 5.41) is 10.5.